The highest BCUT2D eigenvalue weighted by atomic mass is 14.9. The van der Waals surface area contributed by atoms with Gasteiger partial charge in [0.25, 0.3) is 0 Å². The van der Waals surface area contributed by atoms with Gasteiger partial charge in [-0.05, 0) is 17.2 Å². The van der Waals surface area contributed by atoms with Crippen LogP contribution >= 0.6 is 0 Å². The second kappa shape index (κ2) is 3.93. The molecule has 2 heterocycles. The smallest absolute Gasteiger partial charge is 0.117 e. The quantitative estimate of drug-likeness (QED) is 0.669. The third-order valence-corrected chi connectivity index (χ3v) is 2.34. The Labute approximate surface area is 83.1 Å². The molecule has 14 heavy (non-hydrogen) atoms. The molecule has 0 bridgehead atoms. The van der Waals surface area contributed by atoms with E-state index in [1.54, 1.807) is 0 Å². The Morgan fingerprint density at radius 1 is 1.36 bits per heavy atom. The first-order valence-corrected chi connectivity index (χ1v) is 4.62. The Balaban J connectivity index is 2.14. The lowest BCUT2D eigenvalue weighted by atomic mass is 9.99. The maximum atomic E-state index is 8.64. The van der Waals surface area contributed by atoms with Gasteiger partial charge in [-0.25, -0.2) is 0 Å². The van der Waals surface area contributed by atoms with Crippen LogP contribution in [0.2, 0.25) is 0 Å². The van der Waals surface area contributed by atoms with E-state index < -0.39 is 0 Å². The van der Waals surface area contributed by atoms with Gasteiger partial charge in [-0.2, -0.15) is 5.26 Å². The van der Waals surface area contributed by atoms with Gasteiger partial charge in [0.2, 0.25) is 0 Å². The molecular weight excluding hydrogens is 174 g/mol. The van der Waals surface area contributed by atoms with E-state index in [9.17, 15) is 0 Å². The van der Waals surface area contributed by atoms with Gasteiger partial charge < -0.3 is 5.32 Å². The third-order valence-electron chi connectivity index (χ3n) is 2.34. The van der Waals surface area contributed by atoms with Gasteiger partial charge >= 0.3 is 0 Å². The minimum atomic E-state index is 0.638. The monoisotopic (exact) mass is 185 g/mol. The first kappa shape index (κ1) is 8.76. The lowest BCUT2D eigenvalue weighted by Gasteiger charge is -2.16. The molecule has 0 spiro atoms. The zero-order chi connectivity index (χ0) is 9.80. The van der Waals surface area contributed by atoms with E-state index in [0.29, 0.717) is 5.70 Å². The van der Waals surface area contributed by atoms with Crippen molar-refractivity contribution in [2.45, 2.75) is 6.42 Å². The van der Waals surface area contributed by atoms with Gasteiger partial charge in [-0.15, -0.1) is 0 Å². The number of dihydropyridines is 2. The van der Waals surface area contributed by atoms with Crippen LogP contribution in [0.1, 0.15) is 6.42 Å². The molecule has 3 heteroatoms. The highest BCUT2D eigenvalue weighted by Crippen LogP contribution is 2.17. The van der Waals surface area contributed by atoms with Gasteiger partial charge in [0.15, 0.2) is 0 Å². The highest BCUT2D eigenvalue weighted by molar-refractivity contribution is 5.66. The number of nitrogens with one attached hydrogen (secondary N) is 1. The molecule has 0 amide bonds. The Morgan fingerprint density at radius 2 is 2.29 bits per heavy atom. The van der Waals surface area contributed by atoms with Crippen molar-refractivity contribution in [3.63, 3.8) is 0 Å². The molecule has 0 unspecified atom stereocenters. The summed E-state index contributed by atoms with van der Waals surface area (Å²) in [5.74, 6) is 0. The molecule has 2 rings (SSSR count). The van der Waals surface area contributed by atoms with Crippen molar-refractivity contribution in [3.8, 4) is 6.07 Å². The molecule has 0 saturated carbocycles. The van der Waals surface area contributed by atoms with Crippen molar-refractivity contribution in [3.05, 3.63) is 35.1 Å². The minimum Gasteiger partial charge on any atom is -0.372 e. The van der Waals surface area contributed by atoms with E-state index in [1.165, 1.54) is 11.1 Å². The third kappa shape index (κ3) is 1.74. The molecule has 0 fully saturated rings. The number of nitriles is 1. The topological polar surface area (TPSA) is 48.2 Å². The molecule has 0 aromatic carbocycles. The number of allylic oxidation sites excluding steroid dienone is 3. The molecule has 0 aromatic rings. The van der Waals surface area contributed by atoms with E-state index in [0.717, 1.165) is 19.5 Å². The van der Waals surface area contributed by atoms with Gasteiger partial charge in [0, 0.05) is 19.2 Å². The summed E-state index contributed by atoms with van der Waals surface area (Å²) >= 11 is 0. The lowest BCUT2D eigenvalue weighted by molar-refractivity contribution is 0.879. The summed E-state index contributed by atoms with van der Waals surface area (Å²) in [6, 6.07) is 2.09. The van der Waals surface area contributed by atoms with Crippen LogP contribution < -0.4 is 5.32 Å². The molecular formula is C11H11N3. The van der Waals surface area contributed by atoms with Crippen molar-refractivity contribution in [2.75, 3.05) is 13.1 Å². The fourth-order valence-electron chi connectivity index (χ4n) is 1.54. The number of rotatable bonds is 1. The van der Waals surface area contributed by atoms with Crippen LogP contribution in [0.5, 0.6) is 0 Å². The zero-order valence-corrected chi connectivity index (χ0v) is 7.83. The Bertz CT molecular complexity index is 391. The van der Waals surface area contributed by atoms with Crippen LogP contribution in [-0.4, -0.2) is 19.3 Å². The highest BCUT2D eigenvalue weighted by Gasteiger charge is 2.09. The van der Waals surface area contributed by atoms with E-state index in [-0.39, 0.29) is 0 Å². The van der Waals surface area contributed by atoms with Gasteiger partial charge in [-0.3, -0.25) is 4.99 Å². The van der Waals surface area contributed by atoms with Crippen LogP contribution in [-0.2, 0) is 0 Å². The number of hydrogen-bond acceptors (Lipinski definition) is 3. The maximum absolute atomic E-state index is 8.64. The van der Waals surface area contributed by atoms with Crippen LogP contribution in [0.4, 0.5) is 0 Å². The van der Waals surface area contributed by atoms with Crippen molar-refractivity contribution in [2.24, 2.45) is 4.99 Å². The van der Waals surface area contributed by atoms with Crippen molar-refractivity contribution < 1.29 is 0 Å². The average Bonchev–Trinajstić information content (AvgIpc) is 2.30. The summed E-state index contributed by atoms with van der Waals surface area (Å²) in [7, 11) is 0. The van der Waals surface area contributed by atoms with Crippen molar-refractivity contribution in [1.82, 2.24) is 5.32 Å². The predicted molar refractivity (Wildman–Crippen MR) is 55.8 cm³/mol. The SMILES string of the molecule is N#CC1=CC=C(C2=CCN=CC2)CN1. The minimum absolute atomic E-state index is 0.638. The molecule has 1 N–H and O–H groups in total. The molecule has 70 valence electrons. The van der Waals surface area contributed by atoms with E-state index >= 15 is 0 Å². The summed E-state index contributed by atoms with van der Waals surface area (Å²) in [5, 5.41) is 11.7. The Hall–Kier alpha value is -1.82. The summed E-state index contributed by atoms with van der Waals surface area (Å²) < 4.78 is 0. The second-order valence-electron chi connectivity index (χ2n) is 3.22. The Kier molecular flexibility index (Phi) is 2.46. The fraction of sp³-hybridized carbons (Fsp3) is 0.273. The van der Waals surface area contributed by atoms with Crippen LogP contribution in [0.25, 0.3) is 0 Å². The largest absolute Gasteiger partial charge is 0.372 e. The molecule has 0 aromatic heterocycles. The molecule has 3 nitrogen and oxygen atoms in total. The normalized spacial score (nSPS) is 20.1. The summed E-state index contributed by atoms with van der Waals surface area (Å²) in [4.78, 5) is 4.14. The van der Waals surface area contributed by atoms with Crippen molar-refractivity contribution in [1.29, 1.82) is 5.26 Å². The van der Waals surface area contributed by atoms with E-state index in [4.69, 9.17) is 5.26 Å². The average molecular weight is 185 g/mol. The summed E-state index contributed by atoms with van der Waals surface area (Å²) in [6.45, 7) is 1.53. The summed E-state index contributed by atoms with van der Waals surface area (Å²) in [5.41, 5.74) is 3.22. The molecule has 0 aliphatic carbocycles. The molecule has 0 saturated heterocycles. The Morgan fingerprint density at radius 3 is 2.86 bits per heavy atom. The first-order chi connectivity index (χ1) is 6.90. The summed E-state index contributed by atoms with van der Waals surface area (Å²) in [6.07, 6.45) is 8.83. The molecule has 0 radical (unpaired) electrons. The lowest BCUT2D eigenvalue weighted by Crippen LogP contribution is -2.20. The van der Waals surface area contributed by atoms with Crippen LogP contribution in [0.3, 0.4) is 0 Å². The zero-order valence-electron chi connectivity index (χ0n) is 7.83. The maximum Gasteiger partial charge on any atom is 0.117 e. The van der Waals surface area contributed by atoms with Crippen molar-refractivity contribution >= 4 is 6.21 Å². The van der Waals surface area contributed by atoms with Crippen LogP contribution in [0, 0.1) is 11.3 Å². The fourth-order valence-corrected chi connectivity index (χ4v) is 1.54. The standard InChI is InChI=1S/C11H11N3/c12-7-11-2-1-10(8-14-11)9-3-5-13-6-4-9/h1-3,6,14H,4-5,8H2. The first-order valence-electron chi connectivity index (χ1n) is 4.62. The van der Waals surface area contributed by atoms with Gasteiger partial charge in [0.1, 0.15) is 11.8 Å². The van der Waals surface area contributed by atoms with Crippen LogP contribution in [0.15, 0.2) is 40.1 Å². The second-order valence-corrected chi connectivity index (χ2v) is 3.22. The number of nitrogens with zero attached hydrogens (tertiary/aromatic N) is 2. The van der Waals surface area contributed by atoms with E-state index in [1.807, 2.05) is 18.4 Å². The predicted octanol–water partition coefficient (Wildman–Crippen LogP) is 1.32. The van der Waals surface area contributed by atoms with Gasteiger partial charge in [-0.1, -0.05) is 12.2 Å². The van der Waals surface area contributed by atoms with Gasteiger partial charge in [0.05, 0.1) is 6.54 Å². The molecule has 2 aliphatic rings. The number of aliphatic imine (C=N–C) groups is 1. The molecule has 0 atom stereocenters. The number of hydrogen-bond donors (Lipinski definition) is 1. The van der Waals surface area contributed by atoms with E-state index in [2.05, 4.69) is 22.5 Å². The molecule has 2 aliphatic heterocycles.